The Hall–Kier alpha value is -2.28. The Balaban J connectivity index is 1.96. The number of benzene rings is 1. The number of anilines is 3. The average molecular weight is 307 g/mol. The fourth-order valence-electron chi connectivity index (χ4n) is 1.84. The summed E-state index contributed by atoms with van der Waals surface area (Å²) in [6.45, 7) is 1.71. The summed E-state index contributed by atoms with van der Waals surface area (Å²) in [6, 6.07) is 4.96. The number of rotatable bonds is 7. The first-order valence-electron chi connectivity index (χ1n) is 6.98. The van der Waals surface area contributed by atoms with E-state index in [9.17, 15) is 8.78 Å². The molecule has 7 heteroatoms. The summed E-state index contributed by atoms with van der Waals surface area (Å²) in [5.41, 5.74) is 0.165. The quantitative estimate of drug-likeness (QED) is 0.770. The van der Waals surface area contributed by atoms with Gasteiger partial charge in [-0.25, -0.2) is 13.8 Å². The second-order valence-electron chi connectivity index (χ2n) is 5.10. The monoisotopic (exact) mass is 307 g/mol. The zero-order chi connectivity index (χ0) is 15.9. The summed E-state index contributed by atoms with van der Waals surface area (Å²) in [6.07, 6.45) is 2.53. The fraction of sp³-hybridized carbons (Fsp3) is 0.333. The number of halogens is 2. The SMILES string of the molecule is CN(C)CCCNc1nccc(Nc2ccc(F)cc2F)n1. The van der Waals surface area contributed by atoms with Crippen LogP contribution >= 0.6 is 0 Å². The van der Waals surface area contributed by atoms with Crippen molar-refractivity contribution >= 4 is 17.5 Å². The van der Waals surface area contributed by atoms with Crippen LogP contribution in [0.1, 0.15) is 6.42 Å². The predicted octanol–water partition coefficient (Wildman–Crippen LogP) is 2.86. The third kappa shape index (κ3) is 4.92. The van der Waals surface area contributed by atoms with Crippen LogP contribution in [0.25, 0.3) is 0 Å². The molecule has 0 unspecified atom stereocenters. The molecule has 1 aromatic heterocycles. The van der Waals surface area contributed by atoms with Gasteiger partial charge in [-0.1, -0.05) is 0 Å². The van der Waals surface area contributed by atoms with Gasteiger partial charge in [0, 0.05) is 18.8 Å². The molecule has 2 N–H and O–H groups in total. The summed E-state index contributed by atoms with van der Waals surface area (Å²) in [7, 11) is 4.02. The van der Waals surface area contributed by atoms with E-state index >= 15 is 0 Å². The van der Waals surface area contributed by atoms with Crippen LogP contribution in [0.5, 0.6) is 0 Å². The number of hydrogen-bond donors (Lipinski definition) is 2. The maximum Gasteiger partial charge on any atom is 0.224 e. The predicted molar refractivity (Wildman–Crippen MR) is 83.3 cm³/mol. The van der Waals surface area contributed by atoms with Crippen LogP contribution in [-0.2, 0) is 0 Å². The molecule has 2 aromatic rings. The highest BCUT2D eigenvalue weighted by atomic mass is 19.1. The zero-order valence-corrected chi connectivity index (χ0v) is 12.6. The van der Waals surface area contributed by atoms with E-state index < -0.39 is 11.6 Å². The van der Waals surface area contributed by atoms with Crippen LogP contribution in [0, 0.1) is 11.6 Å². The minimum atomic E-state index is -0.667. The molecule has 0 aliphatic heterocycles. The molecular weight excluding hydrogens is 288 g/mol. The van der Waals surface area contributed by atoms with Gasteiger partial charge >= 0.3 is 0 Å². The third-order valence-corrected chi connectivity index (χ3v) is 2.91. The topological polar surface area (TPSA) is 53.1 Å². The molecule has 118 valence electrons. The second-order valence-corrected chi connectivity index (χ2v) is 5.10. The van der Waals surface area contributed by atoms with E-state index in [2.05, 4.69) is 25.5 Å². The van der Waals surface area contributed by atoms with Crippen LogP contribution in [-0.4, -0.2) is 42.1 Å². The lowest BCUT2D eigenvalue weighted by molar-refractivity contribution is 0.405. The van der Waals surface area contributed by atoms with Crippen LogP contribution in [0.15, 0.2) is 30.5 Å². The van der Waals surface area contributed by atoms with Crippen molar-refractivity contribution in [1.82, 2.24) is 14.9 Å². The van der Waals surface area contributed by atoms with Crippen molar-refractivity contribution in [2.75, 3.05) is 37.8 Å². The van der Waals surface area contributed by atoms with Gasteiger partial charge in [-0.05, 0) is 45.3 Å². The number of nitrogens with zero attached hydrogens (tertiary/aromatic N) is 3. The fourth-order valence-corrected chi connectivity index (χ4v) is 1.84. The lowest BCUT2D eigenvalue weighted by atomic mass is 10.3. The summed E-state index contributed by atoms with van der Waals surface area (Å²) in [5, 5.41) is 5.91. The first kappa shape index (κ1) is 16.1. The van der Waals surface area contributed by atoms with E-state index in [4.69, 9.17) is 0 Å². The average Bonchev–Trinajstić information content (AvgIpc) is 2.47. The Morgan fingerprint density at radius 1 is 1.18 bits per heavy atom. The second kappa shape index (κ2) is 7.65. The van der Waals surface area contributed by atoms with Crippen LogP contribution in [0.3, 0.4) is 0 Å². The van der Waals surface area contributed by atoms with Crippen molar-refractivity contribution in [2.45, 2.75) is 6.42 Å². The van der Waals surface area contributed by atoms with Crippen molar-refractivity contribution in [3.8, 4) is 0 Å². The number of nitrogens with one attached hydrogen (secondary N) is 2. The molecule has 0 amide bonds. The van der Waals surface area contributed by atoms with Gasteiger partial charge in [-0.3, -0.25) is 0 Å². The van der Waals surface area contributed by atoms with E-state index in [0.29, 0.717) is 11.8 Å². The Morgan fingerprint density at radius 2 is 2.00 bits per heavy atom. The highest BCUT2D eigenvalue weighted by molar-refractivity contribution is 5.57. The standard InChI is InChI=1S/C15H19F2N5/c1-22(2)9-3-7-18-15-19-8-6-14(21-15)20-13-5-4-11(16)10-12(13)17/h4-6,8,10H,3,7,9H2,1-2H3,(H2,18,19,20,21). The maximum absolute atomic E-state index is 13.6. The highest BCUT2D eigenvalue weighted by Gasteiger charge is 2.05. The smallest absolute Gasteiger partial charge is 0.224 e. The van der Waals surface area contributed by atoms with Gasteiger partial charge in [-0.2, -0.15) is 4.98 Å². The number of aromatic nitrogens is 2. The molecular formula is C15H19F2N5. The molecule has 0 fully saturated rings. The van der Waals surface area contributed by atoms with Gasteiger partial charge in [0.2, 0.25) is 5.95 Å². The van der Waals surface area contributed by atoms with Gasteiger partial charge in [0.25, 0.3) is 0 Å². The maximum atomic E-state index is 13.6. The molecule has 0 saturated carbocycles. The van der Waals surface area contributed by atoms with E-state index in [-0.39, 0.29) is 5.69 Å². The van der Waals surface area contributed by atoms with E-state index in [1.54, 1.807) is 12.3 Å². The largest absolute Gasteiger partial charge is 0.354 e. The molecule has 0 atom stereocenters. The van der Waals surface area contributed by atoms with E-state index in [1.807, 2.05) is 14.1 Å². The van der Waals surface area contributed by atoms with Crippen LogP contribution in [0.4, 0.5) is 26.2 Å². The lowest BCUT2D eigenvalue weighted by Gasteiger charge is -2.11. The molecule has 0 aliphatic rings. The molecule has 5 nitrogen and oxygen atoms in total. The minimum absolute atomic E-state index is 0.165. The van der Waals surface area contributed by atoms with Crippen molar-refractivity contribution in [3.05, 3.63) is 42.1 Å². The van der Waals surface area contributed by atoms with Crippen LogP contribution < -0.4 is 10.6 Å². The Morgan fingerprint density at radius 3 is 2.73 bits per heavy atom. The summed E-state index contributed by atoms with van der Waals surface area (Å²) < 4.78 is 26.5. The van der Waals surface area contributed by atoms with Gasteiger partial charge in [-0.15, -0.1) is 0 Å². The molecule has 1 aromatic carbocycles. The Labute approximate surface area is 128 Å². The van der Waals surface area contributed by atoms with Gasteiger partial charge < -0.3 is 15.5 Å². The van der Waals surface area contributed by atoms with E-state index in [0.717, 1.165) is 25.6 Å². The molecule has 1 heterocycles. The summed E-state index contributed by atoms with van der Waals surface area (Å²) in [5.74, 6) is -0.380. The first-order chi connectivity index (χ1) is 10.5. The molecule has 0 aliphatic carbocycles. The van der Waals surface area contributed by atoms with E-state index in [1.165, 1.54) is 12.1 Å². The molecule has 0 spiro atoms. The normalized spacial score (nSPS) is 10.8. The van der Waals surface area contributed by atoms with Crippen LogP contribution in [0.2, 0.25) is 0 Å². The summed E-state index contributed by atoms with van der Waals surface area (Å²) in [4.78, 5) is 10.4. The van der Waals surface area contributed by atoms with Crippen molar-refractivity contribution in [3.63, 3.8) is 0 Å². The Kier molecular flexibility index (Phi) is 5.60. The minimum Gasteiger partial charge on any atom is -0.354 e. The van der Waals surface area contributed by atoms with Crippen molar-refractivity contribution < 1.29 is 8.78 Å². The van der Waals surface area contributed by atoms with Gasteiger partial charge in [0.1, 0.15) is 17.5 Å². The molecule has 0 saturated heterocycles. The molecule has 22 heavy (non-hydrogen) atoms. The zero-order valence-electron chi connectivity index (χ0n) is 12.6. The number of hydrogen-bond acceptors (Lipinski definition) is 5. The molecule has 2 rings (SSSR count). The van der Waals surface area contributed by atoms with Gasteiger partial charge in [0.15, 0.2) is 0 Å². The lowest BCUT2D eigenvalue weighted by Crippen LogP contribution is -2.17. The van der Waals surface area contributed by atoms with Crippen molar-refractivity contribution in [2.24, 2.45) is 0 Å². The Bertz CT molecular complexity index is 619. The van der Waals surface area contributed by atoms with Crippen molar-refractivity contribution in [1.29, 1.82) is 0 Å². The third-order valence-electron chi connectivity index (χ3n) is 2.91. The summed E-state index contributed by atoms with van der Waals surface area (Å²) >= 11 is 0. The molecule has 0 bridgehead atoms. The highest BCUT2D eigenvalue weighted by Crippen LogP contribution is 2.19. The van der Waals surface area contributed by atoms with Gasteiger partial charge in [0.05, 0.1) is 5.69 Å². The first-order valence-corrected chi connectivity index (χ1v) is 6.98. The molecule has 0 radical (unpaired) electrons.